The first-order valence-corrected chi connectivity index (χ1v) is 5.94. The predicted octanol–water partition coefficient (Wildman–Crippen LogP) is 1.25. The number of carbonyl (C=O) groups is 1. The number of benzene rings is 1. The second-order valence-electron chi connectivity index (χ2n) is 4.53. The monoisotopic (exact) mass is 233 g/mol. The Labute approximate surface area is 102 Å². The van der Waals surface area contributed by atoms with Gasteiger partial charge in [0.25, 0.3) is 0 Å². The molecule has 1 aromatic carbocycles. The smallest absolute Gasteiger partial charge is 0.219 e. The summed E-state index contributed by atoms with van der Waals surface area (Å²) in [6.45, 7) is 7.04. The van der Waals surface area contributed by atoms with Crippen molar-refractivity contribution in [1.29, 1.82) is 0 Å². The molecule has 0 radical (unpaired) electrons. The van der Waals surface area contributed by atoms with Crippen LogP contribution in [0.5, 0.6) is 0 Å². The van der Waals surface area contributed by atoms with Gasteiger partial charge < -0.3 is 15.5 Å². The molecule has 1 saturated heterocycles. The van der Waals surface area contributed by atoms with Gasteiger partial charge in [0.1, 0.15) is 0 Å². The van der Waals surface area contributed by atoms with E-state index < -0.39 is 0 Å². The summed E-state index contributed by atoms with van der Waals surface area (Å²) in [4.78, 5) is 15.4. The van der Waals surface area contributed by atoms with Crippen LogP contribution >= 0.6 is 0 Å². The second-order valence-corrected chi connectivity index (χ2v) is 4.53. The molecule has 2 N–H and O–H groups in total. The van der Waals surface area contributed by atoms with Crippen LogP contribution in [0.4, 0.5) is 11.4 Å². The summed E-state index contributed by atoms with van der Waals surface area (Å²) in [6, 6.07) is 6.10. The lowest BCUT2D eigenvalue weighted by Gasteiger charge is -2.35. The Morgan fingerprint density at radius 3 is 2.41 bits per heavy atom. The molecule has 0 aromatic heterocycles. The highest BCUT2D eigenvalue weighted by Gasteiger charge is 2.18. The van der Waals surface area contributed by atoms with Gasteiger partial charge in [-0.3, -0.25) is 4.79 Å². The minimum absolute atomic E-state index is 0.165. The Bertz CT molecular complexity index is 423. The highest BCUT2D eigenvalue weighted by Crippen LogP contribution is 2.21. The molecule has 0 bridgehead atoms. The van der Waals surface area contributed by atoms with Crippen LogP contribution in [0, 0.1) is 6.92 Å². The maximum absolute atomic E-state index is 11.2. The number of rotatable bonds is 1. The maximum Gasteiger partial charge on any atom is 0.219 e. The number of carbonyl (C=O) groups excluding carboxylic acids is 1. The average molecular weight is 233 g/mol. The number of anilines is 2. The number of hydrogen-bond acceptors (Lipinski definition) is 3. The van der Waals surface area contributed by atoms with Crippen molar-refractivity contribution in [2.24, 2.45) is 0 Å². The number of aryl methyl sites for hydroxylation is 1. The third-order valence-electron chi connectivity index (χ3n) is 3.34. The number of piperazine rings is 1. The van der Waals surface area contributed by atoms with Gasteiger partial charge in [-0.25, -0.2) is 0 Å². The molecule has 4 heteroatoms. The Kier molecular flexibility index (Phi) is 3.22. The van der Waals surface area contributed by atoms with Gasteiger partial charge in [0, 0.05) is 44.5 Å². The number of nitrogen functional groups attached to an aromatic ring is 1. The summed E-state index contributed by atoms with van der Waals surface area (Å²) in [5.41, 5.74) is 8.94. The lowest BCUT2D eigenvalue weighted by Crippen LogP contribution is -2.48. The predicted molar refractivity (Wildman–Crippen MR) is 70.1 cm³/mol. The fraction of sp³-hybridized carbons (Fsp3) is 0.462. The lowest BCUT2D eigenvalue weighted by molar-refractivity contribution is -0.129. The van der Waals surface area contributed by atoms with Crippen LogP contribution in [0.3, 0.4) is 0 Å². The van der Waals surface area contributed by atoms with E-state index in [1.807, 2.05) is 24.0 Å². The molecule has 0 unspecified atom stereocenters. The van der Waals surface area contributed by atoms with Crippen LogP contribution in [0.15, 0.2) is 18.2 Å². The van der Waals surface area contributed by atoms with Crippen molar-refractivity contribution in [3.05, 3.63) is 23.8 Å². The van der Waals surface area contributed by atoms with Crippen LogP contribution in [0.2, 0.25) is 0 Å². The summed E-state index contributed by atoms with van der Waals surface area (Å²) in [5, 5.41) is 0. The molecule has 1 aliphatic heterocycles. The van der Waals surface area contributed by atoms with E-state index in [1.165, 1.54) is 5.69 Å². The largest absolute Gasteiger partial charge is 0.399 e. The van der Waals surface area contributed by atoms with Gasteiger partial charge in [-0.05, 0) is 30.7 Å². The first-order chi connectivity index (χ1) is 8.08. The van der Waals surface area contributed by atoms with Gasteiger partial charge in [0.2, 0.25) is 5.91 Å². The average Bonchev–Trinajstić information content (AvgIpc) is 2.33. The molecule has 1 amide bonds. The van der Waals surface area contributed by atoms with Gasteiger partial charge in [-0.15, -0.1) is 0 Å². The van der Waals surface area contributed by atoms with Crippen molar-refractivity contribution in [2.75, 3.05) is 36.8 Å². The molecule has 4 nitrogen and oxygen atoms in total. The second kappa shape index (κ2) is 4.65. The first kappa shape index (κ1) is 11.8. The SMILES string of the molecule is CC(=O)N1CCN(c2ccc(N)c(C)c2)CC1. The van der Waals surface area contributed by atoms with Crippen molar-refractivity contribution in [1.82, 2.24) is 4.90 Å². The van der Waals surface area contributed by atoms with Crippen LogP contribution in [0.1, 0.15) is 12.5 Å². The van der Waals surface area contributed by atoms with Gasteiger partial charge in [0.15, 0.2) is 0 Å². The van der Waals surface area contributed by atoms with Gasteiger partial charge in [-0.1, -0.05) is 0 Å². The minimum Gasteiger partial charge on any atom is -0.399 e. The molecule has 2 rings (SSSR count). The molecule has 1 aliphatic rings. The van der Waals surface area contributed by atoms with Crippen LogP contribution in [0.25, 0.3) is 0 Å². The van der Waals surface area contributed by atoms with Gasteiger partial charge >= 0.3 is 0 Å². The zero-order valence-corrected chi connectivity index (χ0v) is 10.4. The van der Waals surface area contributed by atoms with Crippen LogP contribution < -0.4 is 10.6 Å². The molecule has 1 fully saturated rings. The van der Waals surface area contributed by atoms with Crippen molar-refractivity contribution < 1.29 is 4.79 Å². The Morgan fingerprint density at radius 1 is 1.24 bits per heavy atom. The number of nitrogens with two attached hydrogens (primary N) is 1. The maximum atomic E-state index is 11.2. The fourth-order valence-corrected chi connectivity index (χ4v) is 2.14. The number of amides is 1. The van der Waals surface area contributed by atoms with E-state index in [-0.39, 0.29) is 5.91 Å². The molecular weight excluding hydrogens is 214 g/mol. The molecule has 0 atom stereocenters. The molecule has 92 valence electrons. The molecule has 1 aromatic rings. The van der Waals surface area contributed by atoms with Crippen molar-refractivity contribution in [3.8, 4) is 0 Å². The Balaban J connectivity index is 2.05. The highest BCUT2D eigenvalue weighted by atomic mass is 16.2. The van der Waals surface area contributed by atoms with Crippen molar-refractivity contribution >= 4 is 17.3 Å². The topological polar surface area (TPSA) is 49.6 Å². The van der Waals surface area contributed by atoms with E-state index in [4.69, 9.17) is 5.73 Å². The summed E-state index contributed by atoms with van der Waals surface area (Å²) in [7, 11) is 0. The highest BCUT2D eigenvalue weighted by molar-refractivity contribution is 5.73. The van der Waals surface area contributed by atoms with E-state index in [2.05, 4.69) is 11.0 Å². The van der Waals surface area contributed by atoms with Gasteiger partial charge in [0.05, 0.1) is 0 Å². The fourth-order valence-electron chi connectivity index (χ4n) is 2.14. The molecule has 0 saturated carbocycles. The third-order valence-corrected chi connectivity index (χ3v) is 3.34. The third kappa shape index (κ3) is 2.52. The Morgan fingerprint density at radius 2 is 1.88 bits per heavy atom. The molecule has 0 spiro atoms. The number of hydrogen-bond donors (Lipinski definition) is 1. The summed E-state index contributed by atoms with van der Waals surface area (Å²) >= 11 is 0. The lowest BCUT2D eigenvalue weighted by atomic mass is 10.1. The van der Waals surface area contributed by atoms with E-state index in [0.29, 0.717) is 0 Å². The zero-order valence-electron chi connectivity index (χ0n) is 10.4. The quantitative estimate of drug-likeness (QED) is 0.743. The van der Waals surface area contributed by atoms with Crippen molar-refractivity contribution in [2.45, 2.75) is 13.8 Å². The molecule has 1 heterocycles. The van der Waals surface area contributed by atoms with Crippen molar-refractivity contribution in [3.63, 3.8) is 0 Å². The van der Waals surface area contributed by atoms with Gasteiger partial charge in [-0.2, -0.15) is 0 Å². The molecule has 17 heavy (non-hydrogen) atoms. The normalized spacial score (nSPS) is 16.1. The van der Waals surface area contributed by atoms with E-state index in [1.54, 1.807) is 6.92 Å². The summed E-state index contributed by atoms with van der Waals surface area (Å²) in [5.74, 6) is 0.165. The Hall–Kier alpha value is -1.71. The molecule has 0 aliphatic carbocycles. The van der Waals surface area contributed by atoms with Crippen LogP contribution in [-0.2, 0) is 4.79 Å². The van der Waals surface area contributed by atoms with E-state index in [9.17, 15) is 4.79 Å². The zero-order chi connectivity index (χ0) is 12.4. The summed E-state index contributed by atoms with van der Waals surface area (Å²) in [6.07, 6.45) is 0. The first-order valence-electron chi connectivity index (χ1n) is 5.94. The van der Waals surface area contributed by atoms with E-state index >= 15 is 0 Å². The van der Waals surface area contributed by atoms with Crippen LogP contribution in [-0.4, -0.2) is 37.0 Å². The number of nitrogens with zero attached hydrogens (tertiary/aromatic N) is 2. The minimum atomic E-state index is 0.165. The summed E-state index contributed by atoms with van der Waals surface area (Å²) < 4.78 is 0. The van der Waals surface area contributed by atoms with E-state index in [0.717, 1.165) is 37.4 Å². The molecular formula is C13H19N3O. The standard InChI is InChI=1S/C13H19N3O/c1-10-9-12(3-4-13(10)14)16-7-5-15(6-8-16)11(2)17/h3-4,9H,5-8,14H2,1-2H3.